The molecule has 0 saturated heterocycles. The van der Waals surface area contributed by atoms with Crippen LogP contribution in [0.15, 0.2) is 16.9 Å². The molecule has 1 atom stereocenters. The van der Waals surface area contributed by atoms with Gasteiger partial charge in [0.1, 0.15) is 6.26 Å². The van der Waals surface area contributed by atoms with E-state index in [0.717, 1.165) is 12.8 Å². The normalized spacial score (nSPS) is 12.4. The van der Waals surface area contributed by atoms with Gasteiger partial charge in [-0.25, -0.2) is 0 Å². The SMILES string of the molecule is CC(Cl)CCCNC(=O)c1ccon1. The van der Waals surface area contributed by atoms with Crippen LogP contribution in [-0.4, -0.2) is 23.0 Å². The Labute approximate surface area is 87.6 Å². The average molecular weight is 217 g/mol. The number of carbonyl (C=O) groups is 1. The second kappa shape index (κ2) is 5.65. The standard InChI is InChI=1S/C9H13ClN2O2/c1-7(10)3-2-5-11-9(13)8-4-6-14-12-8/h4,6-7H,2-3,5H2,1H3,(H,11,13). The van der Waals surface area contributed by atoms with Crippen LogP contribution in [0.1, 0.15) is 30.3 Å². The monoisotopic (exact) mass is 216 g/mol. The van der Waals surface area contributed by atoms with Crippen molar-refractivity contribution in [3.8, 4) is 0 Å². The Morgan fingerprint density at radius 3 is 3.14 bits per heavy atom. The van der Waals surface area contributed by atoms with Crippen molar-refractivity contribution in [2.45, 2.75) is 25.1 Å². The molecule has 0 spiro atoms. The third-order valence-corrected chi connectivity index (χ3v) is 1.95. The van der Waals surface area contributed by atoms with Gasteiger partial charge in [-0.15, -0.1) is 11.6 Å². The van der Waals surface area contributed by atoms with Crippen molar-refractivity contribution in [1.29, 1.82) is 0 Å². The van der Waals surface area contributed by atoms with E-state index < -0.39 is 0 Å². The van der Waals surface area contributed by atoms with Gasteiger partial charge in [0.15, 0.2) is 5.69 Å². The van der Waals surface area contributed by atoms with E-state index in [4.69, 9.17) is 11.6 Å². The number of halogens is 1. The molecule has 0 fully saturated rings. The van der Waals surface area contributed by atoms with Gasteiger partial charge in [0.2, 0.25) is 0 Å². The summed E-state index contributed by atoms with van der Waals surface area (Å²) in [6, 6.07) is 1.53. The molecular formula is C9H13ClN2O2. The van der Waals surface area contributed by atoms with Gasteiger partial charge < -0.3 is 9.84 Å². The third-order valence-electron chi connectivity index (χ3n) is 1.73. The summed E-state index contributed by atoms with van der Waals surface area (Å²) < 4.78 is 4.55. The molecule has 1 N–H and O–H groups in total. The van der Waals surface area contributed by atoms with Gasteiger partial charge in [0.05, 0.1) is 0 Å². The van der Waals surface area contributed by atoms with Crippen LogP contribution in [0.5, 0.6) is 0 Å². The van der Waals surface area contributed by atoms with E-state index in [-0.39, 0.29) is 11.3 Å². The van der Waals surface area contributed by atoms with Crippen LogP contribution in [0.25, 0.3) is 0 Å². The van der Waals surface area contributed by atoms with Crippen molar-refractivity contribution in [3.05, 3.63) is 18.0 Å². The highest BCUT2D eigenvalue weighted by Gasteiger charge is 2.07. The summed E-state index contributed by atoms with van der Waals surface area (Å²) in [5, 5.41) is 6.39. The Balaban J connectivity index is 2.16. The zero-order valence-electron chi connectivity index (χ0n) is 8.00. The summed E-state index contributed by atoms with van der Waals surface area (Å²) in [4.78, 5) is 11.3. The summed E-state index contributed by atoms with van der Waals surface area (Å²) in [6.45, 7) is 2.55. The van der Waals surface area contributed by atoms with Crippen molar-refractivity contribution in [2.24, 2.45) is 0 Å². The fraction of sp³-hybridized carbons (Fsp3) is 0.556. The number of carbonyl (C=O) groups excluding carboxylic acids is 1. The van der Waals surface area contributed by atoms with E-state index >= 15 is 0 Å². The minimum Gasteiger partial charge on any atom is -0.364 e. The fourth-order valence-corrected chi connectivity index (χ4v) is 1.16. The number of hydrogen-bond donors (Lipinski definition) is 1. The van der Waals surface area contributed by atoms with E-state index in [2.05, 4.69) is 15.0 Å². The maximum Gasteiger partial charge on any atom is 0.273 e. The predicted molar refractivity (Wildman–Crippen MR) is 53.4 cm³/mol. The smallest absolute Gasteiger partial charge is 0.273 e. The first-order valence-electron chi connectivity index (χ1n) is 4.53. The van der Waals surface area contributed by atoms with Crippen molar-refractivity contribution in [1.82, 2.24) is 10.5 Å². The molecule has 0 radical (unpaired) electrons. The first-order valence-corrected chi connectivity index (χ1v) is 4.96. The minimum absolute atomic E-state index is 0.152. The number of aromatic nitrogens is 1. The van der Waals surface area contributed by atoms with Gasteiger partial charge in [0, 0.05) is 18.0 Å². The Morgan fingerprint density at radius 1 is 1.79 bits per heavy atom. The summed E-state index contributed by atoms with van der Waals surface area (Å²) in [6.07, 6.45) is 3.13. The summed E-state index contributed by atoms with van der Waals surface area (Å²) in [5.74, 6) is -0.207. The first kappa shape index (κ1) is 11.0. The Kier molecular flexibility index (Phi) is 4.46. The third kappa shape index (κ3) is 3.79. The molecule has 0 aliphatic rings. The second-order valence-electron chi connectivity index (χ2n) is 3.06. The molecule has 78 valence electrons. The number of nitrogens with zero attached hydrogens (tertiary/aromatic N) is 1. The van der Waals surface area contributed by atoms with Crippen LogP contribution >= 0.6 is 11.6 Å². The van der Waals surface area contributed by atoms with Crippen LogP contribution < -0.4 is 5.32 Å². The van der Waals surface area contributed by atoms with Gasteiger partial charge in [-0.2, -0.15) is 0 Å². The number of rotatable bonds is 5. The molecule has 1 unspecified atom stereocenters. The largest absolute Gasteiger partial charge is 0.364 e. The van der Waals surface area contributed by atoms with E-state index in [0.29, 0.717) is 12.2 Å². The zero-order chi connectivity index (χ0) is 10.4. The Bertz CT molecular complexity index is 272. The van der Waals surface area contributed by atoms with Gasteiger partial charge in [-0.1, -0.05) is 5.16 Å². The number of hydrogen-bond acceptors (Lipinski definition) is 3. The fourth-order valence-electron chi connectivity index (χ4n) is 1.01. The lowest BCUT2D eigenvalue weighted by molar-refractivity contribution is 0.0944. The maximum atomic E-state index is 11.3. The lowest BCUT2D eigenvalue weighted by Gasteiger charge is -2.03. The maximum absolute atomic E-state index is 11.3. The number of nitrogens with one attached hydrogen (secondary N) is 1. The Morgan fingerprint density at radius 2 is 2.57 bits per heavy atom. The molecular weight excluding hydrogens is 204 g/mol. The topological polar surface area (TPSA) is 55.1 Å². The van der Waals surface area contributed by atoms with Crippen molar-refractivity contribution in [3.63, 3.8) is 0 Å². The van der Waals surface area contributed by atoms with Gasteiger partial charge in [0.25, 0.3) is 5.91 Å². The van der Waals surface area contributed by atoms with Crippen LogP contribution in [0.4, 0.5) is 0 Å². The molecule has 1 aromatic rings. The van der Waals surface area contributed by atoms with E-state index in [9.17, 15) is 4.79 Å². The van der Waals surface area contributed by atoms with Crippen LogP contribution in [0, 0.1) is 0 Å². The molecule has 1 amide bonds. The summed E-state index contributed by atoms with van der Waals surface area (Å²) in [5.41, 5.74) is 0.309. The zero-order valence-corrected chi connectivity index (χ0v) is 8.75. The lowest BCUT2D eigenvalue weighted by atomic mass is 10.2. The summed E-state index contributed by atoms with van der Waals surface area (Å²) >= 11 is 5.75. The van der Waals surface area contributed by atoms with Crippen LogP contribution in [0.2, 0.25) is 0 Å². The van der Waals surface area contributed by atoms with Crippen LogP contribution in [-0.2, 0) is 0 Å². The van der Waals surface area contributed by atoms with Crippen LogP contribution in [0.3, 0.4) is 0 Å². The molecule has 0 aliphatic heterocycles. The molecule has 1 aromatic heterocycles. The van der Waals surface area contributed by atoms with E-state index in [1.54, 1.807) is 0 Å². The van der Waals surface area contributed by atoms with Crippen molar-refractivity contribution in [2.75, 3.05) is 6.54 Å². The molecule has 4 nitrogen and oxygen atoms in total. The molecule has 1 rings (SSSR count). The molecule has 5 heteroatoms. The van der Waals surface area contributed by atoms with Gasteiger partial charge >= 0.3 is 0 Å². The summed E-state index contributed by atoms with van der Waals surface area (Å²) in [7, 11) is 0. The number of alkyl halides is 1. The average Bonchev–Trinajstić information content (AvgIpc) is 2.64. The number of amides is 1. The quantitative estimate of drug-likeness (QED) is 0.603. The molecule has 14 heavy (non-hydrogen) atoms. The molecule has 0 bridgehead atoms. The highest BCUT2D eigenvalue weighted by atomic mass is 35.5. The molecule has 1 heterocycles. The molecule has 0 saturated carbocycles. The second-order valence-corrected chi connectivity index (χ2v) is 3.81. The molecule has 0 aliphatic carbocycles. The van der Waals surface area contributed by atoms with Crippen molar-refractivity contribution < 1.29 is 9.32 Å². The predicted octanol–water partition coefficient (Wildman–Crippen LogP) is 1.81. The highest BCUT2D eigenvalue weighted by Crippen LogP contribution is 2.02. The lowest BCUT2D eigenvalue weighted by Crippen LogP contribution is -2.25. The van der Waals surface area contributed by atoms with Gasteiger partial charge in [-0.05, 0) is 19.8 Å². The minimum atomic E-state index is -0.207. The van der Waals surface area contributed by atoms with Crippen molar-refractivity contribution >= 4 is 17.5 Å². The highest BCUT2D eigenvalue weighted by molar-refractivity contribution is 6.20. The molecule has 0 aromatic carbocycles. The first-order chi connectivity index (χ1) is 6.70. The van der Waals surface area contributed by atoms with E-state index in [1.165, 1.54) is 12.3 Å². The van der Waals surface area contributed by atoms with E-state index in [1.807, 2.05) is 6.92 Å². The van der Waals surface area contributed by atoms with Gasteiger partial charge in [-0.3, -0.25) is 4.79 Å². The Hall–Kier alpha value is -1.03.